The van der Waals surface area contributed by atoms with Crippen molar-refractivity contribution in [3.63, 3.8) is 0 Å². The second-order valence-corrected chi connectivity index (χ2v) is 8.16. The predicted molar refractivity (Wildman–Crippen MR) is 92.6 cm³/mol. The third-order valence-electron chi connectivity index (χ3n) is 4.49. The van der Waals surface area contributed by atoms with Gasteiger partial charge in [-0.25, -0.2) is 21.6 Å². The highest BCUT2D eigenvalue weighted by Gasteiger charge is 2.32. The summed E-state index contributed by atoms with van der Waals surface area (Å²) in [6.07, 6.45) is 0. The molecule has 0 saturated carbocycles. The molecule has 0 aliphatic carbocycles. The zero-order valence-electron chi connectivity index (χ0n) is 14.5. The van der Waals surface area contributed by atoms with Gasteiger partial charge >= 0.3 is 0 Å². The Hall–Kier alpha value is -2.10. The molecule has 27 heavy (non-hydrogen) atoms. The van der Waals surface area contributed by atoms with Gasteiger partial charge in [-0.05, 0) is 24.3 Å². The number of para-hydroxylation sites is 1. The summed E-state index contributed by atoms with van der Waals surface area (Å²) in [6.45, 7) is 2.36. The molecule has 1 fully saturated rings. The Morgan fingerprint density at radius 3 is 2.37 bits per heavy atom. The maximum atomic E-state index is 13.8. The van der Waals surface area contributed by atoms with Crippen molar-refractivity contribution in [2.24, 2.45) is 0 Å². The number of quaternary nitrogens is 1. The van der Waals surface area contributed by atoms with E-state index >= 15 is 0 Å². The van der Waals surface area contributed by atoms with E-state index in [1.807, 2.05) is 0 Å². The van der Waals surface area contributed by atoms with Gasteiger partial charge in [0.1, 0.15) is 29.7 Å². The summed E-state index contributed by atoms with van der Waals surface area (Å²) in [5.74, 6) is -2.16. The molecule has 0 radical (unpaired) electrons. The van der Waals surface area contributed by atoms with Crippen LogP contribution in [0.4, 0.5) is 13.2 Å². The summed E-state index contributed by atoms with van der Waals surface area (Å²) in [4.78, 5) is 0.590. The minimum absolute atomic E-state index is 0.185. The summed E-state index contributed by atoms with van der Waals surface area (Å²) >= 11 is 0. The quantitative estimate of drug-likeness (QED) is 0.788. The van der Waals surface area contributed by atoms with Crippen LogP contribution in [0.1, 0.15) is 0 Å². The van der Waals surface area contributed by atoms with E-state index < -0.39 is 32.4 Å². The van der Waals surface area contributed by atoms with Gasteiger partial charge in [-0.2, -0.15) is 4.31 Å². The Morgan fingerprint density at radius 2 is 1.70 bits per heavy atom. The van der Waals surface area contributed by atoms with E-state index in [0.29, 0.717) is 32.3 Å². The summed E-state index contributed by atoms with van der Waals surface area (Å²) in [6, 6.07) is 8.57. The predicted octanol–water partition coefficient (Wildman–Crippen LogP) is 1.07. The molecule has 1 aliphatic rings. The lowest BCUT2D eigenvalue weighted by Gasteiger charge is -2.31. The van der Waals surface area contributed by atoms with Gasteiger partial charge in [-0.1, -0.05) is 12.1 Å². The van der Waals surface area contributed by atoms with Gasteiger partial charge in [0.15, 0.2) is 11.6 Å². The van der Waals surface area contributed by atoms with Crippen LogP contribution in [-0.4, -0.2) is 52.1 Å². The third kappa shape index (κ3) is 4.60. The van der Waals surface area contributed by atoms with Gasteiger partial charge in [0, 0.05) is 6.07 Å². The number of hydrogen-bond donors (Lipinski definition) is 1. The first-order valence-corrected chi connectivity index (χ1v) is 9.98. The lowest BCUT2D eigenvalue weighted by molar-refractivity contribution is -0.903. The lowest BCUT2D eigenvalue weighted by Crippen LogP contribution is -3.15. The Bertz CT molecular complexity index is 900. The van der Waals surface area contributed by atoms with Crippen LogP contribution in [0.5, 0.6) is 5.75 Å². The Morgan fingerprint density at radius 1 is 1.00 bits per heavy atom. The van der Waals surface area contributed by atoms with Crippen LogP contribution >= 0.6 is 0 Å². The van der Waals surface area contributed by atoms with Crippen LogP contribution < -0.4 is 9.64 Å². The molecule has 0 unspecified atom stereocenters. The van der Waals surface area contributed by atoms with E-state index in [4.69, 9.17) is 4.74 Å². The number of benzene rings is 2. The second kappa shape index (κ2) is 8.28. The topological polar surface area (TPSA) is 51.0 Å². The Balaban J connectivity index is 1.53. The van der Waals surface area contributed by atoms with E-state index in [1.165, 1.54) is 10.4 Å². The SMILES string of the molecule is O=S(=O)(c1ccc(F)cc1F)N1CC[NH+](CCOc2ccccc2F)CC1. The maximum Gasteiger partial charge on any atom is 0.246 e. The van der Waals surface area contributed by atoms with Crippen molar-refractivity contribution in [2.75, 3.05) is 39.3 Å². The summed E-state index contributed by atoms with van der Waals surface area (Å²) in [7, 11) is -4.00. The van der Waals surface area contributed by atoms with E-state index in [9.17, 15) is 21.6 Å². The van der Waals surface area contributed by atoms with Crippen molar-refractivity contribution in [3.8, 4) is 5.75 Å². The highest BCUT2D eigenvalue weighted by Crippen LogP contribution is 2.20. The molecule has 1 saturated heterocycles. The van der Waals surface area contributed by atoms with E-state index in [0.717, 1.165) is 17.0 Å². The molecule has 0 amide bonds. The Kier molecular flexibility index (Phi) is 6.03. The molecule has 0 bridgehead atoms. The standard InChI is InChI=1S/C18H19F3N2O3S/c19-14-5-6-18(16(21)13-14)27(24,25)23-9-7-22(8-10-23)11-12-26-17-4-2-1-3-15(17)20/h1-6,13H,7-12H2/p+1. The fourth-order valence-electron chi connectivity index (χ4n) is 2.98. The number of sulfonamides is 1. The minimum Gasteiger partial charge on any atom is -0.485 e. The number of piperazine rings is 1. The largest absolute Gasteiger partial charge is 0.485 e. The highest BCUT2D eigenvalue weighted by atomic mass is 32.2. The average molecular weight is 401 g/mol. The van der Waals surface area contributed by atoms with Crippen molar-refractivity contribution >= 4 is 10.0 Å². The van der Waals surface area contributed by atoms with Gasteiger partial charge in [-0.3, -0.25) is 0 Å². The number of nitrogens with zero attached hydrogens (tertiary/aromatic N) is 1. The van der Waals surface area contributed by atoms with Crippen molar-refractivity contribution in [3.05, 3.63) is 59.9 Å². The molecule has 1 heterocycles. The van der Waals surface area contributed by atoms with Gasteiger partial charge in [0.25, 0.3) is 0 Å². The molecule has 0 spiro atoms. The van der Waals surface area contributed by atoms with Gasteiger partial charge in [-0.15, -0.1) is 0 Å². The van der Waals surface area contributed by atoms with Crippen LogP contribution in [0.2, 0.25) is 0 Å². The molecular weight excluding hydrogens is 381 g/mol. The second-order valence-electron chi connectivity index (χ2n) is 6.26. The molecule has 1 N–H and O–H groups in total. The molecule has 0 aromatic heterocycles. The lowest BCUT2D eigenvalue weighted by atomic mass is 10.3. The van der Waals surface area contributed by atoms with Crippen LogP contribution in [0.3, 0.4) is 0 Å². The number of rotatable bonds is 6. The first-order valence-electron chi connectivity index (χ1n) is 8.54. The number of nitrogens with one attached hydrogen (secondary N) is 1. The first kappa shape index (κ1) is 19.7. The summed E-state index contributed by atoms with van der Waals surface area (Å²) < 4.78 is 72.1. The number of hydrogen-bond acceptors (Lipinski definition) is 3. The van der Waals surface area contributed by atoms with Crippen LogP contribution in [0.25, 0.3) is 0 Å². The van der Waals surface area contributed by atoms with Gasteiger partial charge in [0.05, 0.1) is 26.2 Å². The van der Waals surface area contributed by atoms with Crippen molar-refractivity contribution in [1.82, 2.24) is 4.31 Å². The zero-order valence-corrected chi connectivity index (χ0v) is 15.3. The average Bonchev–Trinajstić information content (AvgIpc) is 2.63. The molecule has 5 nitrogen and oxygen atoms in total. The number of halogens is 3. The summed E-state index contributed by atoms with van der Waals surface area (Å²) in [5.41, 5.74) is 0. The minimum atomic E-state index is -4.00. The van der Waals surface area contributed by atoms with E-state index in [2.05, 4.69) is 0 Å². The zero-order chi connectivity index (χ0) is 19.4. The van der Waals surface area contributed by atoms with E-state index in [1.54, 1.807) is 18.2 Å². The molecule has 0 atom stereocenters. The van der Waals surface area contributed by atoms with Crippen molar-refractivity contribution < 1.29 is 31.2 Å². The maximum absolute atomic E-state index is 13.8. The number of ether oxygens (including phenoxy) is 1. The molecule has 2 aromatic rings. The normalized spacial score (nSPS) is 16.4. The van der Waals surface area contributed by atoms with Gasteiger partial charge in [0.2, 0.25) is 10.0 Å². The fraction of sp³-hybridized carbons (Fsp3) is 0.333. The first-order chi connectivity index (χ1) is 12.9. The van der Waals surface area contributed by atoms with Crippen LogP contribution in [-0.2, 0) is 10.0 Å². The molecular formula is C18H20F3N2O3S+. The highest BCUT2D eigenvalue weighted by molar-refractivity contribution is 7.89. The van der Waals surface area contributed by atoms with Crippen LogP contribution in [0.15, 0.2) is 47.4 Å². The molecule has 2 aromatic carbocycles. The third-order valence-corrected chi connectivity index (χ3v) is 6.42. The van der Waals surface area contributed by atoms with Crippen LogP contribution in [0, 0.1) is 17.5 Å². The Labute approximate surface area is 156 Å². The molecule has 9 heteroatoms. The monoisotopic (exact) mass is 401 g/mol. The summed E-state index contributed by atoms with van der Waals surface area (Å²) in [5, 5.41) is 0. The molecule has 3 rings (SSSR count). The molecule has 1 aliphatic heterocycles. The van der Waals surface area contributed by atoms with Crippen molar-refractivity contribution in [2.45, 2.75) is 4.90 Å². The molecule has 146 valence electrons. The fourth-order valence-corrected chi connectivity index (χ4v) is 4.47. The van der Waals surface area contributed by atoms with Gasteiger partial charge < -0.3 is 9.64 Å². The smallest absolute Gasteiger partial charge is 0.246 e. The van der Waals surface area contributed by atoms with E-state index in [-0.39, 0.29) is 18.8 Å². The van der Waals surface area contributed by atoms with Crippen molar-refractivity contribution in [1.29, 1.82) is 0 Å².